The van der Waals surface area contributed by atoms with E-state index < -0.39 is 5.41 Å². The lowest BCUT2D eigenvalue weighted by molar-refractivity contribution is -0.125. The third-order valence-corrected chi connectivity index (χ3v) is 5.65. The normalized spacial score (nSPS) is 25.4. The van der Waals surface area contributed by atoms with Crippen LogP contribution in [0.3, 0.4) is 0 Å². The fourth-order valence-corrected chi connectivity index (χ4v) is 4.65. The lowest BCUT2D eigenvalue weighted by Gasteiger charge is -2.41. The van der Waals surface area contributed by atoms with Crippen LogP contribution in [0.15, 0.2) is 59.7 Å². The highest BCUT2D eigenvalue weighted by atomic mass is 16.5. The smallest absolute Gasteiger partial charge is 0.248 e. The van der Waals surface area contributed by atoms with Gasteiger partial charge in [0.25, 0.3) is 0 Å². The number of anilines is 1. The summed E-state index contributed by atoms with van der Waals surface area (Å²) in [4.78, 5) is 28.6. The van der Waals surface area contributed by atoms with Gasteiger partial charge in [0.2, 0.25) is 11.8 Å². The van der Waals surface area contributed by atoms with Gasteiger partial charge in [-0.1, -0.05) is 38.1 Å². The SMILES string of the molecule is C=CCN1C(=O)[C@@]2(C(C#N)=C(N)OC3=C2C(=O)CC(C)(C)C3)c2ccccc21. The van der Waals surface area contributed by atoms with E-state index in [1.807, 2.05) is 26.0 Å². The van der Waals surface area contributed by atoms with E-state index in [1.54, 1.807) is 23.1 Å². The number of nitrogens with zero attached hydrogens (tertiary/aromatic N) is 2. The number of rotatable bonds is 2. The zero-order valence-electron chi connectivity index (χ0n) is 15.9. The predicted octanol–water partition coefficient (Wildman–Crippen LogP) is 2.82. The Hall–Kier alpha value is -3.33. The number of carbonyl (C=O) groups excluding carboxylic acids is 2. The molecular weight excluding hydrogens is 354 g/mol. The second kappa shape index (κ2) is 5.83. The summed E-state index contributed by atoms with van der Waals surface area (Å²) in [5, 5.41) is 9.93. The summed E-state index contributed by atoms with van der Waals surface area (Å²) in [5.74, 6) is -0.274. The highest BCUT2D eigenvalue weighted by Gasteiger charge is 2.62. The third kappa shape index (κ3) is 2.13. The maximum atomic E-state index is 13.8. The number of carbonyl (C=O) groups is 2. The molecule has 0 radical (unpaired) electrons. The molecule has 1 spiro atoms. The molecule has 1 aromatic rings. The molecule has 6 heteroatoms. The van der Waals surface area contributed by atoms with Crippen molar-refractivity contribution in [3.8, 4) is 6.07 Å². The molecule has 3 aliphatic rings. The lowest BCUT2D eigenvalue weighted by Crippen LogP contribution is -2.50. The van der Waals surface area contributed by atoms with Crippen molar-refractivity contribution in [2.45, 2.75) is 32.1 Å². The van der Waals surface area contributed by atoms with Crippen molar-refractivity contribution in [2.75, 3.05) is 11.4 Å². The number of amides is 1. The number of hydrogen-bond donors (Lipinski definition) is 1. The van der Waals surface area contributed by atoms with Gasteiger partial charge < -0.3 is 15.4 Å². The molecule has 1 aliphatic carbocycles. The number of fused-ring (bicyclic) bond motifs is 3. The van der Waals surface area contributed by atoms with Crippen LogP contribution in [0.1, 0.15) is 32.3 Å². The van der Waals surface area contributed by atoms with Crippen LogP contribution in [0.25, 0.3) is 0 Å². The Morgan fingerprint density at radius 2 is 2.04 bits per heavy atom. The molecule has 0 unspecified atom stereocenters. The second-order valence-electron chi connectivity index (χ2n) is 8.16. The Bertz CT molecular complexity index is 1040. The molecule has 142 valence electrons. The predicted molar refractivity (Wildman–Crippen MR) is 104 cm³/mol. The molecule has 28 heavy (non-hydrogen) atoms. The molecule has 1 atom stereocenters. The molecule has 0 bridgehead atoms. The molecule has 1 amide bonds. The number of benzene rings is 1. The van der Waals surface area contributed by atoms with Crippen molar-refractivity contribution < 1.29 is 14.3 Å². The number of Topliss-reactive ketones (excluding diaryl/α,β-unsaturated/α-hetero) is 1. The Morgan fingerprint density at radius 1 is 1.32 bits per heavy atom. The van der Waals surface area contributed by atoms with Gasteiger partial charge in [0.15, 0.2) is 5.78 Å². The summed E-state index contributed by atoms with van der Waals surface area (Å²) in [7, 11) is 0. The average molecular weight is 375 g/mol. The maximum Gasteiger partial charge on any atom is 0.248 e. The summed E-state index contributed by atoms with van der Waals surface area (Å²) in [6.07, 6.45) is 2.35. The largest absolute Gasteiger partial charge is 0.444 e. The third-order valence-electron chi connectivity index (χ3n) is 5.65. The van der Waals surface area contributed by atoms with Gasteiger partial charge in [-0.05, 0) is 11.5 Å². The molecule has 6 nitrogen and oxygen atoms in total. The zero-order chi connectivity index (χ0) is 20.3. The van der Waals surface area contributed by atoms with Crippen molar-refractivity contribution in [3.05, 3.63) is 65.3 Å². The quantitative estimate of drug-likeness (QED) is 0.802. The van der Waals surface area contributed by atoms with E-state index in [2.05, 4.69) is 12.6 Å². The summed E-state index contributed by atoms with van der Waals surface area (Å²) >= 11 is 0. The molecule has 0 saturated carbocycles. The number of nitrogens with two attached hydrogens (primary N) is 1. The first-order valence-corrected chi connectivity index (χ1v) is 9.15. The van der Waals surface area contributed by atoms with Crippen LogP contribution in [-0.4, -0.2) is 18.2 Å². The molecule has 2 N–H and O–H groups in total. The van der Waals surface area contributed by atoms with Gasteiger partial charge in [0, 0.05) is 30.6 Å². The Balaban J connectivity index is 2.10. The van der Waals surface area contributed by atoms with Crippen LogP contribution in [-0.2, 0) is 19.7 Å². The first-order valence-electron chi connectivity index (χ1n) is 9.15. The van der Waals surface area contributed by atoms with Crippen LogP contribution >= 0.6 is 0 Å². The van der Waals surface area contributed by atoms with E-state index in [9.17, 15) is 14.9 Å². The van der Waals surface area contributed by atoms with Gasteiger partial charge in [0.1, 0.15) is 22.8 Å². The first-order chi connectivity index (χ1) is 13.3. The minimum atomic E-state index is -1.56. The molecule has 0 saturated heterocycles. The molecule has 1 aromatic carbocycles. The highest BCUT2D eigenvalue weighted by Crippen LogP contribution is 2.57. The van der Waals surface area contributed by atoms with Crippen LogP contribution in [0.4, 0.5) is 5.69 Å². The van der Waals surface area contributed by atoms with Gasteiger partial charge in [-0.15, -0.1) is 6.58 Å². The Labute approximate surface area is 163 Å². The number of ketones is 1. The summed E-state index contributed by atoms with van der Waals surface area (Å²) in [6.45, 7) is 7.94. The zero-order valence-corrected chi connectivity index (χ0v) is 15.9. The monoisotopic (exact) mass is 375 g/mol. The Morgan fingerprint density at radius 3 is 2.71 bits per heavy atom. The Kier molecular flexibility index (Phi) is 3.76. The number of nitriles is 1. The van der Waals surface area contributed by atoms with Crippen molar-refractivity contribution >= 4 is 17.4 Å². The van der Waals surface area contributed by atoms with E-state index in [0.29, 0.717) is 23.4 Å². The van der Waals surface area contributed by atoms with Gasteiger partial charge in [0.05, 0.1) is 5.57 Å². The molecular formula is C22H21N3O3. The van der Waals surface area contributed by atoms with Crippen molar-refractivity contribution in [1.29, 1.82) is 5.26 Å². The summed E-state index contributed by atoms with van der Waals surface area (Å²) < 4.78 is 5.75. The number of hydrogen-bond acceptors (Lipinski definition) is 5. The van der Waals surface area contributed by atoms with Crippen LogP contribution in [0, 0.1) is 16.7 Å². The number of ether oxygens (including phenoxy) is 1. The summed E-state index contributed by atoms with van der Waals surface area (Å²) in [6, 6.07) is 9.27. The van der Waals surface area contributed by atoms with Crippen LogP contribution in [0.2, 0.25) is 0 Å². The highest BCUT2D eigenvalue weighted by molar-refractivity contribution is 6.20. The minimum Gasteiger partial charge on any atom is -0.444 e. The second-order valence-corrected chi connectivity index (χ2v) is 8.16. The lowest BCUT2D eigenvalue weighted by atomic mass is 9.62. The topological polar surface area (TPSA) is 96.4 Å². The molecule has 0 fully saturated rings. The number of allylic oxidation sites excluding steroid dienone is 1. The van der Waals surface area contributed by atoms with E-state index in [1.165, 1.54) is 0 Å². The molecule has 2 heterocycles. The van der Waals surface area contributed by atoms with E-state index in [4.69, 9.17) is 10.5 Å². The molecule has 4 rings (SSSR count). The van der Waals surface area contributed by atoms with Gasteiger partial charge in [-0.25, -0.2) is 0 Å². The maximum absolute atomic E-state index is 13.8. The van der Waals surface area contributed by atoms with Crippen LogP contribution < -0.4 is 10.6 Å². The number of para-hydroxylation sites is 1. The fraction of sp³-hybridized carbons (Fsp3) is 0.318. The van der Waals surface area contributed by atoms with E-state index in [-0.39, 0.29) is 47.1 Å². The van der Waals surface area contributed by atoms with Crippen molar-refractivity contribution in [2.24, 2.45) is 11.1 Å². The first kappa shape index (κ1) is 18.1. The average Bonchev–Trinajstić information content (AvgIpc) is 2.85. The summed E-state index contributed by atoms with van der Waals surface area (Å²) in [5.41, 5.74) is 5.72. The van der Waals surface area contributed by atoms with Crippen molar-refractivity contribution in [3.63, 3.8) is 0 Å². The van der Waals surface area contributed by atoms with Gasteiger partial charge in [-0.3, -0.25) is 9.59 Å². The standard InChI is InChI=1S/C22H21N3O3/c1-4-9-25-15-8-6-5-7-13(15)22(20(25)27)14(12-23)19(24)28-17-11-21(2,3)10-16(26)18(17)22/h4-8H,1,9-11,24H2,2-3H3/t22-/m1/s1. The van der Waals surface area contributed by atoms with E-state index >= 15 is 0 Å². The van der Waals surface area contributed by atoms with Gasteiger partial charge in [-0.2, -0.15) is 5.26 Å². The minimum absolute atomic E-state index is 0.0247. The van der Waals surface area contributed by atoms with Crippen molar-refractivity contribution in [1.82, 2.24) is 0 Å². The van der Waals surface area contributed by atoms with Crippen LogP contribution in [0.5, 0.6) is 0 Å². The van der Waals surface area contributed by atoms with Gasteiger partial charge >= 0.3 is 0 Å². The van der Waals surface area contributed by atoms with E-state index in [0.717, 1.165) is 0 Å². The fourth-order valence-electron chi connectivity index (χ4n) is 4.65. The molecule has 2 aliphatic heterocycles. The molecule has 0 aromatic heterocycles.